The smallest absolute Gasteiger partial charge is 0.129 e. The van der Waals surface area contributed by atoms with Gasteiger partial charge in [-0.1, -0.05) is 13.8 Å². The van der Waals surface area contributed by atoms with Gasteiger partial charge < -0.3 is 10.6 Å². The number of alkyl halides is 1. The fourth-order valence-electron chi connectivity index (χ4n) is 0.930. The Morgan fingerprint density at radius 1 is 1.40 bits per heavy atom. The summed E-state index contributed by atoms with van der Waals surface area (Å²) in [4.78, 5) is 0. The molecule has 0 radical (unpaired) electrons. The second-order valence-corrected chi connectivity index (χ2v) is 2.07. The van der Waals surface area contributed by atoms with E-state index in [0.717, 1.165) is 6.54 Å². The molecule has 0 bridgehead atoms. The summed E-state index contributed by atoms with van der Waals surface area (Å²) < 4.78 is 12.5. The van der Waals surface area contributed by atoms with Crippen molar-refractivity contribution >= 4 is 0 Å². The van der Waals surface area contributed by atoms with Gasteiger partial charge in [-0.2, -0.15) is 0 Å². The molecule has 0 saturated carbocycles. The number of hydrogen-bond donors (Lipinski definition) is 2. The van der Waals surface area contributed by atoms with Crippen LogP contribution in [0.4, 0.5) is 4.39 Å². The summed E-state index contributed by atoms with van der Waals surface area (Å²) in [6, 6.07) is 0.0370. The highest BCUT2D eigenvalue weighted by Gasteiger charge is 2.24. The summed E-state index contributed by atoms with van der Waals surface area (Å²) in [5.74, 6) is 0. The Morgan fingerprint density at radius 2 is 2.00 bits per heavy atom. The molecule has 62 valence electrons. The third kappa shape index (κ3) is 2.62. The van der Waals surface area contributed by atoms with E-state index in [2.05, 4.69) is 10.6 Å². The van der Waals surface area contributed by atoms with Crippen LogP contribution in [0.5, 0.6) is 0 Å². The molecule has 0 amide bonds. The molecule has 2 unspecified atom stereocenters. The van der Waals surface area contributed by atoms with Crippen molar-refractivity contribution in [2.75, 3.05) is 20.1 Å². The second kappa shape index (κ2) is 5.62. The highest BCUT2D eigenvalue weighted by Crippen LogP contribution is 2.01. The van der Waals surface area contributed by atoms with E-state index in [1.807, 2.05) is 13.8 Å². The van der Waals surface area contributed by atoms with Gasteiger partial charge in [0.15, 0.2) is 0 Å². The van der Waals surface area contributed by atoms with E-state index in [0.29, 0.717) is 6.54 Å². The first-order valence-corrected chi connectivity index (χ1v) is 3.86. The molecule has 0 aromatic rings. The third-order valence-electron chi connectivity index (χ3n) is 1.51. The molecular weight excluding hydrogens is 131 g/mol. The topological polar surface area (TPSA) is 24.1 Å². The van der Waals surface area contributed by atoms with Crippen LogP contribution in [-0.4, -0.2) is 32.4 Å². The molecule has 1 fully saturated rings. The molecule has 1 saturated heterocycles. The number of nitrogens with one attached hydrogen (secondary N) is 2. The first kappa shape index (κ1) is 9.85. The van der Waals surface area contributed by atoms with Crippen LogP contribution in [0.1, 0.15) is 13.8 Å². The molecule has 0 aliphatic carbocycles. The molecule has 1 aliphatic rings. The highest BCUT2D eigenvalue weighted by atomic mass is 19.1. The Balaban J connectivity index is 0.000000371. The van der Waals surface area contributed by atoms with Gasteiger partial charge in [0.2, 0.25) is 0 Å². The number of rotatable bonds is 1. The number of hydrogen-bond acceptors (Lipinski definition) is 2. The fraction of sp³-hybridized carbons (Fsp3) is 1.00. The summed E-state index contributed by atoms with van der Waals surface area (Å²) in [5.41, 5.74) is 0. The highest BCUT2D eigenvalue weighted by molar-refractivity contribution is 4.85. The van der Waals surface area contributed by atoms with Crippen LogP contribution in [0.25, 0.3) is 0 Å². The van der Waals surface area contributed by atoms with E-state index in [9.17, 15) is 4.39 Å². The Bertz CT molecular complexity index is 78.0. The Morgan fingerprint density at radius 3 is 2.20 bits per heavy atom. The second-order valence-electron chi connectivity index (χ2n) is 2.07. The van der Waals surface area contributed by atoms with Crippen molar-refractivity contribution in [2.24, 2.45) is 0 Å². The van der Waals surface area contributed by atoms with Crippen molar-refractivity contribution in [3.8, 4) is 0 Å². The van der Waals surface area contributed by atoms with E-state index < -0.39 is 6.17 Å². The predicted molar refractivity (Wildman–Crippen MR) is 42.0 cm³/mol. The molecule has 0 aromatic carbocycles. The maximum absolute atomic E-state index is 12.5. The van der Waals surface area contributed by atoms with E-state index in [1.54, 1.807) is 7.05 Å². The van der Waals surface area contributed by atoms with Crippen molar-refractivity contribution in [1.29, 1.82) is 0 Å². The molecule has 10 heavy (non-hydrogen) atoms. The maximum Gasteiger partial charge on any atom is 0.129 e. The molecule has 3 heteroatoms. The molecule has 0 spiro atoms. The van der Waals surface area contributed by atoms with Crippen LogP contribution in [0.2, 0.25) is 0 Å². The van der Waals surface area contributed by atoms with Crippen molar-refractivity contribution in [2.45, 2.75) is 26.1 Å². The monoisotopic (exact) mass is 148 g/mol. The van der Waals surface area contributed by atoms with Gasteiger partial charge in [-0.25, -0.2) is 4.39 Å². The van der Waals surface area contributed by atoms with Crippen LogP contribution in [0.3, 0.4) is 0 Å². The van der Waals surface area contributed by atoms with Crippen molar-refractivity contribution in [3.63, 3.8) is 0 Å². The number of halogens is 1. The summed E-state index contributed by atoms with van der Waals surface area (Å²) in [6.07, 6.45) is -0.694. The standard InChI is InChI=1S/C5H11FN2.C2H6/c1-7-5-3-8-2-4(5)6;1-2/h4-5,7-8H,2-3H2,1H3;1-2H3. The van der Waals surface area contributed by atoms with Crippen molar-refractivity contribution < 1.29 is 4.39 Å². The van der Waals surface area contributed by atoms with Crippen LogP contribution < -0.4 is 10.6 Å². The van der Waals surface area contributed by atoms with Crippen molar-refractivity contribution in [3.05, 3.63) is 0 Å². The molecule has 2 atom stereocenters. The van der Waals surface area contributed by atoms with Gasteiger partial charge >= 0.3 is 0 Å². The van der Waals surface area contributed by atoms with Gasteiger partial charge in [-0.15, -0.1) is 0 Å². The zero-order chi connectivity index (χ0) is 7.98. The quantitative estimate of drug-likeness (QED) is 0.567. The lowest BCUT2D eigenvalue weighted by Crippen LogP contribution is -2.33. The maximum atomic E-state index is 12.5. The average Bonchev–Trinajstić information content (AvgIpc) is 2.39. The van der Waals surface area contributed by atoms with Crippen LogP contribution in [-0.2, 0) is 0 Å². The van der Waals surface area contributed by atoms with E-state index >= 15 is 0 Å². The lowest BCUT2D eigenvalue weighted by atomic mass is 10.2. The van der Waals surface area contributed by atoms with Gasteiger partial charge in [0.05, 0.1) is 6.04 Å². The van der Waals surface area contributed by atoms with Crippen molar-refractivity contribution in [1.82, 2.24) is 10.6 Å². The first-order valence-electron chi connectivity index (χ1n) is 3.86. The summed E-state index contributed by atoms with van der Waals surface area (Å²) in [6.45, 7) is 5.27. The zero-order valence-electron chi connectivity index (χ0n) is 6.95. The lowest BCUT2D eigenvalue weighted by molar-refractivity contribution is 0.309. The lowest BCUT2D eigenvalue weighted by Gasteiger charge is -2.07. The molecular formula is C7H17FN2. The van der Waals surface area contributed by atoms with Gasteiger partial charge in [0.1, 0.15) is 6.17 Å². The van der Waals surface area contributed by atoms with E-state index in [1.165, 1.54) is 0 Å². The molecule has 1 rings (SSSR count). The van der Waals surface area contributed by atoms with Gasteiger partial charge in [0, 0.05) is 13.1 Å². The van der Waals surface area contributed by atoms with Gasteiger partial charge in [-0.05, 0) is 7.05 Å². The Kier molecular flexibility index (Phi) is 5.54. The minimum atomic E-state index is -0.694. The minimum absolute atomic E-state index is 0.0370. The Labute approximate surface area is 62.2 Å². The van der Waals surface area contributed by atoms with Gasteiger partial charge in [-0.3, -0.25) is 0 Å². The van der Waals surface area contributed by atoms with Crippen LogP contribution >= 0.6 is 0 Å². The van der Waals surface area contributed by atoms with Crippen LogP contribution in [0, 0.1) is 0 Å². The normalized spacial score (nSPS) is 31.2. The predicted octanol–water partition coefficient (Wildman–Crippen LogP) is 0.542. The largest absolute Gasteiger partial charge is 0.313 e. The summed E-state index contributed by atoms with van der Waals surface area (Å²) >= 11 is 0. The summed E-state index contributed by atoms with van der Waals surface area (Å²) in [7, 11) is 1.78. The minimum Gasteiger partial charge on any atom is -0.313 e. The fourth-order valence-corrected chi connectivity index (χ4v) is 0.930. The van der Waals surface area contributed by atoms with Crippen LogP contribution in [0.15, 0.2) is 0 Å². The molecule has 2 N–H and O–H groups in total. The van der Waals surface area contributed by atoms with E-state index in [-0.39, 0.29) is 6.04 Å². The first-order chi connectivity index (χ1) is 4.84. The Hall–Kier alpha value is -0.150. The number of likely N-dealkylation sites (N-methyl/N-ethyl adjacent to an activating group) is 1. The molecule has 1 heterocycles. The SMILES string of the molecule is CC.CNC1CNCC1F. The molecule has 2 nitrogen and oxygen atoms in total. The molecule has 1 aliphatic heterocycles. The third-order valence-corrected chi connectivity index (χ3v) is 1.51. The van der Waals surface area contributed by atoms with E-state index in [4.69, 9.17) is 0 Å². The average molecular weight is 148 g/mol. The van der Waals surface area contributed by atoms with Gasteiger partial charge in [0.25, 0.3) is 0 Å². The molecule has 0 aromatic heterocycles. The zero-order valence-corrected chi connectivity index (χ0v) is 6.95. The summed E-state index contributed by atoms with van der Waals surface area (Å²) in [5, 5.41) is 5.81.